The average Bonchev–Trinajstić information content (AvgIpc) is 2.75. The Balaban J connectivity index is 2.01. The van der Waals surface area contributed by atoms with Gasteiger partial charge in [-0.15, -0.1) is 0 Å². The van der Waals surface area contributed by atoms with Crippen LogP contribution >= 0.6 is 23.2 Å². The SMILES string of the molecule is Cn1nccc1CCC(O)c1ccc(Cl)c(Cl)c1. The van der Waals surface area contributed by atoms with Gasteiger partial charge in [-0.25, -0.2) is 0 Å². The van der Waals surface area contributed by atoms with Gasteiger partial charge in [-0.05, 0) is 36.6 Å². The van der Waals surface area contributed by atoms with E-state index in [1.807, 2.05) is 17.8 Å². The fourth-order valence-electron chi connectivity index (χ4n) is 1.82. The fraction of sp³-hybridized carbons (Fsp3) is 0.308. The third-order valence-corrected chi connectivity index (χ3v) is 3.66. The summed E-state index contributed by atoms with van der Waals surface area (Å²) in [4.78, 5) is 0. The van der Waals surface area contributed by atoms with Crippen LogP contribution in [0.25, 0.3) is 0 Å². The van der Waals surface area contributed by atoms with E-state index in [9.17, 15) is 5.11 Å². The molecule has 0 spiro atoms. The molecule has 3 nitrogen and oxygen atoms in total. The summed E-state index contributed by atoms with van der Waals surface area (Å²) < 4.78 is 1.81. The van der Waals surface area contributed by atoms with E-state index in [0.29, 0.717) is 16.5 Å². The third-order valence-electron chi connectivity index (χ3n) is 2.92. The van der Waals surface area contributed by atoms with Crippen LogP contribution in [0.15, 0.2) is 30.5 Å². The molecule has 1 aromatic heterocycles. The molecule has 18 heavy (non-hydrogen) atoms. The van der Waals surface area contributed by atoms with Crippen LogP contribution < -0.4 is 0 Å². The van der Waals surface area contributed by atoms with Crippen molar-refractivity contribution in [3.05, 3.63) is 51.8 Å². The van der Waals surface area contributed by atoms with Crippen LogP contribution in [0.3, 0.4) is 0 Å². The van der Waals surface area contributed by atoms with E-state index in [1.54, 1.807) is 24.4 Å². The Hall–Kier alpha value is -1.03. The number of halogens is 2. The van der Waals surface area contributed by atoms with E-state index >= 15 is 0 Å². The summed E-state index contributed by atoms with van der Waals surface area (Å²) >= 11 is 11.8. The van der Waals surface area contributed by atoms with Crippen LogP contribution in [-0.2, 0) is 13.5 Å². The van der Waals surface area contributed by atoms with Crippen LogP contribution in [0.5, 0.6) is 0 Å². The summed E-state index contributed by atoms with van der Waals surface area (Å²) in [5.41, 5.74) is 1.88. The highest BCUT2D eigenvalue weighted by Crippen LogP contribution is 2.27. The van der Waals surface area contributed by atoms with Crippen molar-refractivity contribution >= 4 is 23.2 Å². The van der Waals surface area contributed by atoms with Gasteiger partial charge in [-0.3, -0.25) is 4.68 Å². The van der Waals surface area contributed by atoms with Gasteiger partial charge in [-0.2, -0.15) is 5.10 Å². The van der Waals surface area contributed by atoms with E-state index in [2.05, 4.69) is 5.10 Å². The maximum Gasteiger partial charge on any atom is 0.0794 e. The molecule has 0 aliphatic rings. The lowest BCUT2D eigenvalue weighted by molar-refractivity contribution is 0.167. The number of nitrogens with zero attached hydrogens (tertiary/aromatic N) is 2. The molecule has 1 atom stereocenters. The lowest BCUT2D eigenvalue weighted by Gasteiger charge is -2.11. The molecule has 1 aromatic carbocycles. The Bertz CT molecular complexity index is 540. The van der Waals surface area contributed by atoms with Crippen molar-refractivity contribution in [1.82, 2.24) is 9.78 Å². The monoisotopic (exact) mass is 284 g/mol. The first-order valence-corrected chi connectivity index (χ1v) is 6.43. The van der Waals surface area contributed by atoms with Crippen LogP contribution in [0, 0.1) is 0 Å². The molecule has 1 heterocycles. The number of aliphatic hydroxyl groups excluding tert-OH is 1. The van der Waals surface area contributed by atoms with Gasteiger partial charge in [0.15, 0.2) is 0 Å². The highest BCUT2D eigenvalue weighted by molar-refractivity contribution is 6.42. The highest BCUT2D eigenvalue weighted by Gasteiger charge is 2.10. The Morgan fingerprint density at radius 3 is 2.67 bits per heavy atom. The summed E-state index contributed by atoms with van der Waals surface area (Å²) in [5.74, 6) is 0. The van der Waals surface area contributed by atoms with E-state index in [-0.39, 0.29) is 0 Å². The molecule has 0 radical (unpaired) electrons. The van der Waals surface area contributed by atoms with E-state index < -0.39 is 6.10 Å². The molecule has 1 N–H and O–H groups in total. The average molecular weight is 285 g/mol. The molecule has 0 bridgehead atoms. The first-order valence-electron chi connectivity index (χ1n) is 5.68. The maximum atomic E-state index is 10.1. The number of aliphatic hydroxyl groups is 1. The fourth-order valence-corrected chi connectivity index (χ4v) is 2.12. The minimum atomic E-state index is -0.547. The van der Waals surface area contributed by atoms with Gasteiger partial charge in [0.05, 0.1) is 16.1 Å². The number of aryl methyl sites for hydroxylation is 2. The minimum Gasteiger partial charge on any atom is -0.388 e. The van der Waals surface area contributed by atoms with Crippen molar-refractivity contribution in [2.24, 2.45) is 7.05 Å². The van der Waals surface area contributed by atoms with E-state index in [4.69, 9.17) is 23.2 Å². The van der Waals surface area contributed by atoms with Gasteiger partial charge < -0.3 is 5.11 Å². The summed E-state index contributed by atoms with van der Waals surface area (Å²) in [6, 6.07) is 7.15. The zero-order valence-corrected chi connectivity index (χ0v) is 11.5. The zero-order chi connectivity index (χ0) is 13.1. The topological polar surface area (TPSA) is 38.0 Å². The molecule has 0 amide bonds. The van der Waals surface area contributed by atoms with Crippen molar-refractivity contribution in [3.63, 3.8) is 0 Å². The van der Waals surface area contributed by atoms with Crippen LogP contribution in [0.1, 0.15) is 23.8 Å². The molecule has 5 heteroatoms. The molecule has 0 saturated carbocycles. The Morgan fingerprint density at radius 1 is 1.28 bits per heavy atom. The second kappa shape index (κ2) is 5.74. The van der Waals surface area contributed by atoms with Gasteiger partial charge in [0, 0.05) is 18.9 Å². The normalized spacial score (nSPS) is 12.7. The first kappa shape index (κ1) is 13.4. The van der Waals surface area contributed by atoms with Gasteiger partial charge in [0.25, 0.3) is 0 Å². The molecule has 0 aliphatic heterocycles. The molecule has 2 aromatic rings. The van der Waals surface area contributed by atoms with Crippen LogP contribution in [-0.4, -0.2) is 14.9 Å². The van der Waals surface area contributed by atoms with Crippen molar-refractivity contribution in [2.75, 3.05) is 0 Å². The van der Waals surface area contributed by atoms with Crippen molar-refractivity contribution < 1.29 is 5.11 Å². The molecular formula is C13H14Cl2N2O. The standard InChI is InChI=1S/C13H14Cl2N2O/c1-17-10(6-7-16-17)3-5-13(18)9-2-4-11(14)12(15)8-9/h2,4,6-8,13,18H,3,5H2,1H3. The molecular weight excluding hydrogens is 271 g/mol. The Kier molecular flexibility index (Phi) is 4.27. The molecule has 2 rings (SSSR count). The second-order valence-electron chi connectivity index (χ2n) is 4.17. The van der Waals surface area contributed by atoms with E-state index in [1.165, 1.54) is 0 Å². The smallest absolute Gasteiger partial charge is 0.0794 e. The quantitative estimate of drug-likeness (QED) is 0.935. The third kappa shape index (κ3) is 3.05. The maximum absolute atomic E-state index is 10.1. The van der Waals surface area contributed by atoms with E-state index in [0.717, 1.165) is 17.7 Å². The predicted molar refractivity (Wildman–Crippen MR) is 73.0 cm³/mol. The highest BCUT2D eigenvalue weighted by atomic mass is 35.5. The second-order valence-corrected chi connectivity index (χ2v) is 4.99. The van der Waals surface area contributed by atoms with Crippen molar-refractivity contribution in [3.8, 4) is 0 Å². The molecule has 0 fully saturated rings. The predicted octanol–water partition coefficient (Wildman–Crippen LogP) is 3.39. The number of benzene rings is 1. The van der Waals surface area contributed by atoms with Crippen molar-refractivity contribution in [2.45, 2.75) is 18.9 Å². The molecule has 0 aliphatic carbocycles. The van der Waals surface area contributed by atoms with Crippen LogP contribution in [0.2, 0.25) is 10.0 Å². The largest absolute Gasteiger partial charge is 0.388 e. The minimum absolute atomic E-state index is 0.466. The summed E-state index contributed by atoms with van der Waals surface area (Å²) in [7, 11) is 1.89. The number of hydrogen-bond acceptors (Lipinski definition) is 2. The van der Waals surface area contributed by atoms with Gasteiger partial charge in [0.2, 0.25) is 0 Å². The summed E-state index contributed by atoms with van der Waals surface area (Å²) in [6.07, 6.45) is 2.59. The van der Waals surface area contributed by atoms with Crippen LogP contribution in [0.4, 0.5) is 0 Å². The Labute approximate surface area is 116 Å². The zero-order valence-electron chi connectivity index (χ0n) is 9.98. The van der Waals surface area contributed by atoms with Gasteiger partial charge in [-0.1, -0.05) is 29.3 Å². The number of aromatic nitrogens is 2. The van der Waals surface area contributed by atoms with Gasteiger partial charge >= 0.3 is 0 Å². The summed E-state index contributed by atoms with van der Waals surface area (Å²) in [5, 5.41) is 15.1. The summed E-state index contributed by atoms with van der Waals surface area (Å²) in [6.45, 7) is 0. The number of hydrogen-bond donors (Lipinski definition) is 1. The molecule has 0 saturated heterocycles. The lowest BCUT2D eigenvalue weighted by atomic mass is 10.0. The van der Waals surface area contributed by atoms with Gasteiger partial charge in [0.1, 0.15) is 0 Å². The lowest BCUT2D eigenvalue weighted by Crippen LogP contribution is -2.03. The molecule has 1 unspecified atom stereocenters. The molecule has 96 valence electrons. The number of rotatable bonds is 4. The van der Waals surface area contributed by atoms with Crippen molar-refractivity contribution in [1.29, 1.82) is 0 Å². The first-order chi connectivity index (χ1) is 8.58. The Morgan fingerprint density at radius 2 is 2.06 bits per heavy atom.